The van der Waals surface area contributed by atoms with Crippen LogP contribution in [-0.2, 0) is 0 Å². The Morgan fingerprint density at radius 3 is 2.67 bits per heavy atom. The second-order valence-corrected chi connectivity index (χ2v) is 7.37. The van der Waals surface area contributed by atoms with E-state index in [0.717, 1.165) is 14.9 Å². The van der Waals surface area contributed by atoms with Gasteiger partial charge in [-0.05, 0) is 37.3 Å². The molecule has 24 heavy (non-hydrogen) atoms. The highest BCUT2D eigenvalue weighted by Gasteiger charge is 2.22. The molecule has 0 unspecified atom stereocenters. The molecule has 0 aliphatic rings. The van der Waals surface area contributed by atoms with Crippen molar-refractivity contribution in [3.63, 3.8) is 0 Å². The Bertz CT molecular complexity index is 1020. The number of thiophene rings is 1. The van der Waals surface area contributed by atoms with Crippen molar-refractivity contribution in [1.82, 2.24) is 4.98 Å². The average molecular weight is 356 g/mol. The largest absolute Gasteiger partial charge is 0.284 e. The van der Waals surface area contributed by atoms with Crippen molar-refractivity contribution < 1.29 is 9.18 Å². The van der Waals surface area contributed by atoms with Crippen molar-refractivity contribution in [3.05, 3.63) is 59.2 Å². The van der Waals surface area contributed by atoms with Crippen LogP contribution in [0.15, 0.2) is 48.5 Å². The van der Waals surface area contributed by atoms with E-state index in [4.69, 9.17) is 0 Å². The first-order valence-corrected chi connectivity index (χ1v) is 9.16. The number of benzene rings is 2. The van der Waals surface area contributed by atoms with Crippen LogP contribution in [0.5, 0.6) is 0 Å². The van der Waals surface area contributed by atoms with Gasteiger partial charge in [-0.2, -0.15) is 0 Å². The fourth-order valence-corrected chi connectivity index (χ4v) is 4.66. The van der Waals surface area contributed by atoms with Crippen molar-refractivity contribution in [2.75, 3.05) is 11.4 Å². The van der Waals surface area contributed by atoms with Crippen LogP contribution < -0.4 is 4.90 Å². The monoisotopic (exact) mass is 356 g/mol. The summed E-state index contributed by atoms with van der Waals surface area (Å²) in [7, 11) is 0. The number of carbonyl (C=O) groups is 1. The molecule has 0 aliphatic heterocycles. The van der Waals surface area contributed by atoms with Gasteiger partial charge >= 0.3 is 0 Å². The number of hydrogen-bond donors (Lipinski definition) is 0. The zero-order chi connectivity index (χ0) is 16.7. The molecule has 2 aromatic heterocycles. The zero-order valence-corrected chi connectivity index (χ0v) is 14.5. The van der Waals surface area contributed by atoms with Crippen LogP contribution in [0.2, 0.25) is 0 Å². The third-order valence-corrected chi connectivity index (χ3v) is 5.94. The molecular formula is C18H13FN2OS2. The lowest BCUT2D eigenvalue weighted by Gasteiger charge is -2.16. The lowest BCUT2D eigenvalue weighted by Crippen LogP contribution is -2.29. The molecule has 6 heteroatoms. The Labute approximate surface area is 146 Å². The SMILES string of the molecule is CCN(C(=O)c1cc2c(F)cccc2s1)c1nc2ccccc2s1. The van der Waals surface area contributed by atoms with E-state index in [1.807, 2.05) is 37.3 Å². The Balaban J connectivity index is 1.75. The van der Waals surface area contributed by atoms with Crippen LogP contribution >= 0.6 is 22.7 Å². The van der Waals surface area contributed by atoms with Crippen LogP contribution in [0.4, 0.5) is 9.52 Å². The van der Waals surface area contributed by atoms with Gasteiger partial charge in [-0.15, -0.1) is 11.3 Å². The van der Waals surface area contributed by atoms with Gasteiger partial charge in [0.15, 0.2) is 5.13 Å². The van der Waals surface area contributed by atoms with E-state index in [-0.39, 0.29) is 11.7 Å². The smallest absolute Gasteiger partial charge is 0.270 e. The predicted octanol–water partition coefficient (Wildman–Crippen LogP) is 5.32. The van der Waals surface area contributed by atoms with E-state index in [1.54, 1.807) is 17.0 Å². The highest BCUT2D eigenvalue weighted by Crippen LogP contribution is 2.32. The van der Waals surface area contributed by atoms with E-state index in [2.05, 4.69) is 4.98 Å². The summed E-state index contributed by atoms with van der Waals surface area (Å²) in [5.74, 6) is -0.442. The van der Waals surface area contributed by atoms with Crippen LogP contribution in [0.25, 0.3) is 20.3 Å². The number of hydrogen-bond acceptors (Lipinski definition) is 4. The number of halogens is 1. The summed E-state index contributed by atoms with van der Waals surface area (Å²) in [6.07, 6.45) is 0. The number of amides is 1. The van der Waals surface area contributed by atoms with Gasteiger partial charge in [-0.25, -0.2) is 9.37 Å². The molecule has 1 amide bonds. The van der Waals surface area contributed by atoms with E-state index >= 15 is 0 Å². The number of fused-ring (bicyclic) bond motifs is 2. The number of aromatic nitrogens is 1. The molecule has 0 spiro atoms. The van der Waals surface area contributed by atoms with Crippen molar-refractivity contribution in [3.8, 4) is 0 Å². The van der Waals surface area contributed by atoms with E-state index < -0.39 is 0 Å². The van der Waals surface area contributed by atoms with Gasteiger partial charge in [0.25, 0.3) is 5.91 Å². The summed E-state index contributed by atoms with van der Waals surface area (Å²) in [4.78, 5) is 19.6. The highest BCUT2D eigenvalue weighted by atomic mass is 32.1. The maximum Gasteiger partial charge on any atom is 0.270 e. The molecule has 2 heterocycles. The van der Waals surface area contributed by atoms with Crippen LogP contribution in [0.1, 0.15) is 16.6 Å². The number of nitrogens with zero attached hydrogens (tertiary/aromatic N) is 2. The van der Waals surface area contributed by atoms with Crippen LogP contribution in [0.3, 0.4) is 0 Å². The Kier molecular flexibility index (Phi) is 3.78. The fourth-order valence-electron chi connectivity index (χ4n) is 2.60. The van der Waals surface area contributed by atoms with Crippen molar-refractivity contribution in [1.29, 1.82) is 0 Å². The molecule has 0 saturated heterocycles. The van der Waals surface area contributed by atoms with Crippen molar-refractivity contribution in [2.45, 2.75) is 6.92 Å². The molecule has 120 valence electrons. The summed E-state index contributed by atoms with van der Waals surface area (Å²) in [5.41, 5.74) is 0.881. The van der Waals surface area contributed by atoms with E-state index in [9.17, 15) is 9.18 Å². The number of anilines is 1. The molecule has 0 N–H and O–H groups in total. The maximum atomic E-state index is 13.9. The first kappa shape index (κ1) is 15.2. The fraction of sp³-hybridized carbons (Fsp3) is 0.111. The van der Waals surface area contributed by atoms with Crippen LogP contribution in [-0.4, -0.2) is 17.4 Å². The molecule has 0 radical (unpaired) electrons. The normalized spacial score (nSPS) is 11.2. The second kappa shape index (κ2) is 5.96. The highest BCUT2D eigenvalue weighted by molar-refractivity contribution is 7.23. The quantitative estimate of drug-likeness (QED) is 0.498. The number of rotatable bonds is 3. The van der Waals surface area contributed by atoms with E-state index in [0.29, 0.717) is 21.9 Å². The Morgan fingerprint density at radius 2 is 1.92 bits per heavy atom. The first-order chi connectivity index (χ1) is 11.7. The van der Waals surface area contributed by atoms with Gasteiger partial charge in [-0.3, -0.25) is 9.69 Å². The number of thiazole rings is 1. The minimum atomic E-state index is -0.300. The minimum Gasteiger partial charge on any atom is -0.284 e. The average Bonchev–Trinajstić information content (AvgIpc) is 3.19. The van der Waals surface area contributed by atoms with Gasteiger partial charge in [0, 0.05) is 16.6 Å². The standard InChI is InChI=1S/C18H13FN2OS2/c1-2-21(18-20-13-7-3-4-8-15(13)24-18)17(22)16-10-11-12(19)6-5-9-14(11)23-16/h3-10H,2H2,1H3. The number of carbonyl (C=O) groups excluding carboxylic acids is 1. The van der Waals surface area contributed by atoms with Gasteiger partial charge < -0.3 is 0 Å². The molecule has 4 rings (SSSR count). The molecule has 0 aliphatic carbocycles. The molecule has 2 aromatic carbocycles. The van der Waals surface area contributed by atoms with E-state index in [1.165, 1.54) is 28.7 Å². The predicted molar refractivity (Wildman–Crippen MR) is 98.8 cm³/mol. The van der Waals surface area contributed by atoms with Gasteiger partial charge in [0.2, 0.25) is 0 Å². The summed E-state index contributed by atoms with van der Waals surface area (Å²) in [6, 6.07) is 14.3. The van der Waals surface area contributed by atoms with Gasteiger partial charge in [-0.1, -0.05) is 29.5 Å². The Morgan fingerprint density at radius 1 is 1.12 bits per heavy atom. The zero-order valence-electron chi connectivity index (χ0n) is 12.8. The molecular weight excluding hydrogens is 343 g/mol. The lowest BCUT2D eigenvalue weighted by molar-refractivity contribution is 0.0992. The number of para-hydroxylation sites is 1. The van der Waals surface area contributed by atoms with Crippen molar-refractivity contribution >= 4 is 54.0 Å². The van der Waals surface area contributed by atoms with Gasteiger partial charge in [0.1, 0.15) is 5.82 Å². The second-order valence-electron chi connectivity index (χ2n) is 5.28. The lowest BCUT2D eigenvalue weighted by atomic mass is 10.2. The molecule has 3 nitrogen and oxygen atoms in total. The minimum absolute atomic E-state index is 0.142. The molecule has 0 fully saturated rings. The molecule has 0 atom stereocenters. The molecule has 0 bridgehead atoms. The first-order valence-electron chi connectivity index (χ1n) is 7.53. The molecule has 4 aromatic rings. The topological polar surface area (TPSA) is 33.2 Å². The molecule has 0 saturated carbocycles. The summed E-state index contributed by atoms with van der Waals surface area (Å²) in [6.45, 7) is 2.42. The van der Waals surface area contributed by atoms with Crippen LogP contribution in [0, 0.1) is 5.82 Å². The summed E-state index contributed by atoms with van der Waals surface area (Å²) < 4.78 is 15.7. The van der Waals surface area contributed by atoms with Crippen molar-refractivity contribution in [2.24, 2.45) is 0 Å². The Hall–Kier alpha value is -2.31. The maximum absolute atomic E-state index is 13.9. The third kappa shape index (κ3) is 2.48. The van der Waals surface area contributed by atoms with Gasteiger partial charge in [0.05, 0.1) is 15.1 Å². The summed E-state index contributed by atoms with van der Waals surface area (Å²) >= 11 is 2.80. The summed E-state index contributed by atoms with van der Waals surface area (Å²) in [5, 5.41) is 1.16. The third-order valence-electron chi connectivity index (χ3n) is 3.79.